The molecule has 1 aliphatic rings. The van der Waals surface area contributed by atoms with Crippen LogP contribution in [0.15, 0.2) is 11.6 Å². The lowest BCUT2D eigenvalue weighted by molar-refractivity contribution is -0.152. The quantitative estimate of drug-likeness (QED) is 0.377. The summed E-state index contributed by atoms with van der Waals surface area (Å²) in [6.07, 6.45) is 5.84. The molecule has 1 atom stereocenters. The fourth-order valence-corrected chi connectivity index (χ4v) is 2.69. The number of esters is 1. The predicted molar refractivity (Wildman–Crippen MR) is 80.9 cm³/mol. The van der Waals surface area contributed by atoms with Crippen LogP contribution < -0.4 is 0 Å². The van der Waals surface area contributed by atoms with Gasteiger partial charge in [-0.05, 0) is 18.8 Å². The summed E-state index contributed by atoms with van der Waals surface area (Å²) in [6.45, 7) is 0.212. The van der Waals surface area contributed by atoms with Gasteiger partial charge in [-0.3, -0.25) is 9.59 Å². The third-order valence-electron chi connectivity index (χ3n) is 3.91. The summed E-state index contributed by atoms with van der Waals surface area (Å²) < 4.78 is 9.57. The van der Waals surface area contributed by atoms with Crippen LogP contribution in [0.2, 0.25) is 0 Å². The minimum absolute atomic E-state index is 0.0103. The van der Waals surface area contributed by atoms with Gasteiger partial charge >= 0.3 is 17.9 Å². The predicted octanol–water partition coefficient (Wildman–Crippen LogP) is 1.86. The number of hydrogen-bond donors (Lipinski definition) is 2. The van der Waals surface area contributed by atoms with Crippen LogP contribution in [0.4, 0.5) is 0 Å². The first kappa shape index (κ1) is 19.2. The van der Waals surface area contributed by atoms with Gasteiger partial charge in [0.05, 0.1) is 18.9 Å². The summed E-state index contributed by atoms with van der Waals surface area (Å²) in [7, 11) is 1.45. The van der Waals surface area contributed by atoms with Crippen molar-refractivity contribution in [3.8, 4) is 0 Å². The molecule has 0 aromatic heterocycles. The van der Waals surface area contributed by atoms with Crippen molar-refractivity contribution in [3.63, 3.8) is 0 Å². The van der Waals surface area contributed by atoms with Crippen LogP contribution in [0.25, 0.3) is 0 Å². The van der Waals surface area contributed by atoms with Crippen molar-refractivity contribution >= 4 is 17.9 Å². The van der Waals surface area contributed by atoms with E-state index in [0.29, 0.717) is 0 Å². The Morgan fingerprint density at radius 1 is 1.13 bits per heavy atom. The Labute approximate surface area is 135 Å². The highest BCUT2D eigenvalue weighted by molar-refractivity contribution is 5.95. The monoisotopic (exact) mass is 328 g/mol. The molecule has 7 nitrogen and oxygen atoms in total. The van der Waals surface area contributed by atoms with Gasteiger partial charge in [0.2, 0.25) is 0 Å². The lowest BCUT2D eigenvalue weighted by Crippen LogP contribution is -2.26. The van der Waals surface area contributed by atoms with Crippen molar-refractivity contribution in [2.75, 3.05) is 20.3 Å². The number of methoxy groups -OCH3 is 1. The van der Waals surface area contributed by atoms with Crippen LogP contribution in [0, 0.1) is 11.8 Å². The van der Waals surface area contributed by atoms with Crippen LogP contribution in [0.1, 0.15) is 38.5 Å². The SMILES string of the molecule is COCCOC(=O)CC(C(=O)O)C(=CC1CCCCC1)C(=O)O. The van der Waals surface area contributed by atoms with Crippen LogP contribution >= 0.6 is 0 Å². The average Bonchev–Trinajstić information content (AvgIpc) is 2.51. The molecule has 0 bridgehead atoms. The number of carboxylic acids is 2. The number of carbonyl (C=O) groups excluding carboxylic acids is 1. The zero-order valence-electron chi connectivity index (χ0n) is 13.3. The minimum Gasteiger partial charge on any atom is -0.481 e. The minimum atomic E-state index is -1.40. The number of allylic oxidation sites excluding steroid dienone is 1. The van der Waals surface area contributed by atoms with Gasteiger partial charge in [0.25, 0.3) is 0 Å². The Kier molecular flexibility index (Phi) is 8.32. The van der Waals surface area contributed by atoms with Gasteiger partial charge < -0.3 is 19.7 Å². The largest absolute Gasteiger partial charge is 0.481 e. The van der Waals surface area contributed by atoms with E-state index in [4.69, 9.17) is 9.47 Å². The maximum Gasteiger partial charge on any atom is 0.332 e. The van der Waals surface area contributed by atoms with Gasteiger partial charge in [-0.2, -0.15) is 0 Å². The fraction of sp³-hybridized carbons (Fsp3) is 0.688. The van der Waals surface area contributed by atoms with Gasteiger partial charge in [0.15, 0.2) is 0 Å². The van der Waals surface area contributed by atoms with Gasteiger partial charge in [0.1, 0.15) is 6.61 Å². The molecule has 0 aromatic rings. The highest BCUT2D eigenvalue weighted by Crippen LogP contribution is 2.28. The molecule has 0 radical (unpaired) electrons. The van der Waals surface area contributed by atoms with Gasteiger partial charge in [-0.15, -0.1) is 0 Å². The molecule has 1 rings (SSSR count). The van der Waals surface area contributed by atoms with Gasteiger partial charge in [-0.1, -0.05) is 25.3 Å². The molecule has 1 saturated carbocycles. The second-order valence-electron chi connectivity index (χ2n) is 5.63. The van der Waals surface area contributed by atoms with Crippen molar-refractivity contribution in [1.29, 1.82) is 0 Å². The molecular weight excluding hydrogens is 304 g/mol. The van der Waals surface area contributed by atoms with E-state index in [1.807, 2.05) is 0 Å². The molecule has 130 valence electrons. The number of aliphatic carboxylic acids is 2. The van der Waals surface area contributed by atoms with Crippen molar-refractivity contribution in [3.05, 3.63) is 11.6 Å². The van der Waals surface area contributed by atoms with Crippen molar-refractivity contribution < 1.29 is 34.1 Å². The van der Waals surface area contributed by atoms with E-state index in [0.717, 1.165) is 32.1 Å². The van der Waals surface area contributed by atoms with E-state index in [2.05, 4.69) is 0 Å². The van der Waals surface area contributed by atoms with Gasteiger partial charge in [-0.25, -0.2) is 4.79 Å². The number of carbonyl (C=O) groups is 3. The second-order valence-corrected chi connectivity index (χ2v) is 5.63. The zero-order chi connectivity index (χ0) is 17.2. The van der Waals surface area contributed by atoms with E-state index in [1.165, 1.54) is 13.2 Å². The smallest absolute Gasteiger partial charge is 0.332 e. The Hall–Kier alpha value is -1.89. The maximum absolute atomic E-state index is 11.7. The van der Waals surface area contributed by atoms with Crippen LogP contribution in [0.5, 0.6) is 0 Å². The van der Waals surface area contributed by atoms with E-state index < -0.39 is 30.2 Å². The molecule has 1 fully saturated rings. The van der Waals surface area contributed by atoms with E-state index >= 15 is 0 Å². The summed E-state index contributed by atoms with van der Waals surface area (Å²) in [4.78, 5) is 34.6. The number of ether oxygens (including phenoxy) is 2. The second kappa shape index (κ2) is 9.99. The average molecular weight is 328 g/mol. The molecule has 0 spiro atoms. The molecule has 23 heavy (non-hydrogen) atoms. The fourth-order valence-electron chi connectivity index (χ4n) is 2.69. The molecule has 7 heteroatoms. The number of carboxylic acid groups (broad SMARTS) is 2. The van der Waals surface area contributed by atoms with Crippen LogP contribution in [-0.4, -0.2) is 48.4 Å². The molecule has 1 unspecified atom stereocenters. The van der Waals surface area contributed by atoms with E-state index in [9.17, 15) is 24.6 Å². The van der Waals surface area contributed by atoms with E-state index in [-0.39, 0.29) is 24.7 Å². The maximum atomic E-state index is 11.7. The highest BCUT2D eigenvalue weighted by Gasteiger charge is 2.31. The number of hydrogen-bond acceptors (Lipinski definition) is 5. The Balaban J connectivity index is 2.80. The first-order valence-electron chi connectivity index (χ1n) is 7.78. The summed E-state index contributed by atoms with van der Waals surface area (Å²) in [6, 6.07) is 0. The molecular formula is C16H24O7. The summed E-state index contributed by atoms with van der Waals surface area (Å²) in [5.74, 6) is -4.72. The Bertz CT molecular complexity index is 449. The molecule has 0 amide bonds. The van der Waals surface area contributed by atoms with Crippen molar-refractivity contribution in [1.82, 2.24) is 0 Å². The molecule has 1 aliphatic carbocycles. The summed E-state index contributed by atoms with van der Waals surface area (Å²) in [5.41, 5.74) is -0.229. The molecule has 2 N–H and O–H groups in total. The normalized spacial score (nSPS) is 17.5. The first-order valence-corrected chi connectivity index (χ1v) is 7.78. The van der Waals surface area contributed by atoms with Gasteiger partial charge in [0, 0.05) is 12.7 Å². The lowest BCUT2D eigenvalue weighted by Gasteiger charge is -2.20. The third kappa shape index (κ3) is 6.81. The topological polar surface area (TPSA) is 110 Å². The lowest BCUT2D eigenvalue weighted by atomic mass is 9.85. The highest BCUT2D eigenvalue weighted by atomic mass is 16.6. The molecule has 0 aliphatic heterocycles. The zero-order valence-corrected chi connectivity index (χ0v) is 13.3. The molecule has 0 saturated heterocycles. The van der Waals surface area contributed by atoms with E-state index in [1.54, 1.807) is 0 Å². The molecule has 0 heterocycles. The Morgan fingerprint density at radius 2 is 1.78 bits per heavy atom. The van der Waals surface area contributed by atoms with Crippen molar-refractivity contribution in [2.24, 2.45) is 11.8 Å². The van der Waals surface area contributed by atoms with Crippen LogP contribution in [0.3, 0.4) is 0 Å². The summed E-state index contributed by atoms with van der Waals surface area (Å²) >= 11 is 0. The van der Waals surface area contributed by atoms with Crippen LogP contribution in [-0.2, 0) is 23.9 Å². The summed E-state index contributed by atoms with van der Waals surface area (Å²) in [5, 5.41) is 18.7. The standard InChI is InChI=1S/C16H24O7/c1-22-7-8-23-14(17)10-13(16(20)21)12(15(18)19)9-11-5-3-2-4-6-11/h9,11,13H,2-8,10H2,1H3,(H,18,19)(H,20,21). The first-order chi connectivity index (χ1) is 11.0. The third-order valence-corrected chi connectivity index (χ3v) is 3.91. The van der Waals surface area contributed by atoms with Crippen molar-refractivity contribution in [2.45, 2.75) is 38.5 Å². The number of rotatable bonds is 9. The molecule has 0 aromatic carbocycles. The Morgan fingerprint density at radius 3 is 2.30 bits per heavy atom.